The first-order valence-corrected chi connectivity index (χ1v) is 10.9. The van der Waals surface area contributed by atoms with E-state index >= 15 is 0 Å². The second-order valence-corrected chi connectivity index (χ2v) is 7.14. The maximum absolute atomic E-state index is 12.1. The van der Waals surface area contributed by atoms with Crippen LogP contribution in [-0.2, 0) is 30.3 Å². The largest absolute Gasteiger partial charge is 0.466 e. The van der Waals surface area contributed by atoms with Crippen LogP contribution in [0, 0.1) is 0 Å². The third-order valence-electron chi connectivity index (χ3n) is 4.14. The SMILES string of the molecule is CCN(CCCOC(=O)CCCl)c1cccc(CC(=O)CCOC(=O)CCCl)c1. The molecular formula is C21H29Cl2NO5. The first kappa shape index (κ1) is 25.2. The summed E-state index contributed by atoms with van der Waals surface area (Å²) in [6.45, 7) is 4.01. The number of anilines is 1. The molecule has 1 aromatic rings. The van der Waals surface area contributed by atoms with Crippen molar-refractivity contribution in [2.45, 2.75) is 39.0 Å². The molecule has 29 heavy (non-hydrogen) atoms. The molecule has 1 aromatic carbocycles. The minimum Gasteiger partial charge on any atom is -0.466 e. The summed E-state index contributed by atoms with van der Waals surface area (Å²) in [7, 11) is 0. The zero-order valence-corrected chi connectivity index (χ0v) is 18.3. The number of hydrogen-bond acceptors (Lipinski definition) is 6. The minimum atomic E-state index is -0.387. The van der Waals surface area contributed by atoms with Gasteiger partial charge in [-0.1, -0.05) is 12.1 Å². The number of ketones is 1. The van der Waals surface area contributed by atoms with Crippen molar-refractivity contribution in [1.82, 2.24) is 0 Å². The normalized spacial score (nSPS) is 10.4. The molecule has 0 radical (unpaired) electrons. The van der Waals surface area contributed by atoms with E-state index in [4.69, 9.17) is 32.7 Å². The first-order valence-electron chi connectivity index (χ1n) is 9.78. The van der Waals surface area contributed by atoms with E-state index in [0.29, 0.717) is 13.0 Å². The van der Waals surface area contributed by atoms with E-state index in [1.165, 1.54) is 0 Å². The number of Topliss-reactive ketones (excluding diaryl/α,β-unsaturated/α-hetero) is 1. The van der Waals surface area contributed by atoms with E-state index < -0.39 is 0 Å². The molecule has 0 aromatic heterocycles. The Kier molecular flexibility index (Phi) is 13.1. The van der Waals surface area contributed by atoms with Gasteiger partial charge in [-0.3, -0.25) is 14.4 Å². The number of rotatable bonds is 15. The molecule has 0 saturated carbocycles. The van der Waals surface area contributed by atoms with Crippen LogP contribution in [0.25, 0.3) is 0 Å². The molecule has 0 N–H and O–H groups in total. The van der Waals surface area contributed by atoms with Crippen molar-refractivity contribution in [3.8, 4) is 0 Å². The minimum absolute atomic E-state index is 0.00933. The average Bonchev–Trinajstić information content (AvgIpc) is 2.68. The molecule has 0 aliphatic carbocycles. The lowest BCUT2D eigenvalue weighted by molar-refractivity contribution is -0.144. The number of esters is 2. The summed E-state index contributed by atoms with van der Waals surface area (Å²) in [6, 6.07) is 7.80. The lowest BCUT2D eigenvalue weighted by Crippen LogP contribution is -2.25. The fraction of sp³-hybridized carbons (Fsp3) is 0.571. The second kappa shape index (κ2) is 15.1. The van der Waals surface area contributed by atoms with Crippen LogP contribution in [-0.4, -0.2) is 55.8 Å². The average molecular weight is 446 g/mol. The Labute approximate surface area is 182 Å². The number of benzene rings is 1. The highest BCUT2D eigenvalue weighted by atomic mass is 35.5. The lowest BCUT2D eigenvalue weighted by atomic mass is 10.1. The monoisotopic (exact) mass is 445 g/mol. The van der Waals surface area contributed by atoms with Crippen LogP contribution in [0.5, 0.6) is 0 Å². The molecule has 0 saturated heterocycles. The highest BCUT2D eigenvalue weighted by Crippen LogP contribution is 2.17. The first-order chi connectivity index (χ1) is 14.0. The molecule has 0 atom stereocenters. The van der Waals surface area contributed by atoms with Gasteiger partial charge in [-0.25, -0.2) is 0 Å². The Balaban J connectivity index is 2.47. The Morgan fingerprint density at radius 1 is 0.966 bits per heavy atom. The lowest BCUT2D eigenvalue weighted by Gasteiger charge is -2.23. The molecule has 0 bridgehead atoms. The summed E-state index contributed by atoms with van der Waals surface area (Å²) in [4.78, 5) is 36.9. The van der Waals surface area contributed by atoms with Crippen molar-refractivity contribution in [2.24, 2.45) is 0 Å². The Hall–Kier alpha value is -1.79. The van der Waals surface area contributed by atoms with Crippen LogP contribution in [0.1, 0.15) is 38.2 Å². The van der Waals surface area contributed by atoms with Gasteiger partial charge >= 0.3 is 11.9 Å². The van der Waals surface area contributed by atoms with E-state index in [0.717, 1.165) is 24.3 Å². The van der Waals surface area contributed by atoms with Crippen molar-refractivity contribution in [1.29, 1.82) is 0 Å². The third kappa shape index (κ3) is 11.1. The molecule has 0 aliphatic heterocycles. The predicted octanol–water partition coefficient (Wildman–Crippen LogP) is 3.75. The van der Waals surface area contributed by atoms with Gasteiger partial charge in [0.15, 0.2) is 0 Å². The summed E-state index contributed by atoms with van der Waals surface area (Å²) < 4.78 is 10.1. The van der Waals surface area contributed by atoms with Gasteiger partial charge in [0, 0.05) is 43.4 Å². The number of ether oxygens (including phenoxy) is 2. The molecular weight excluding hydrogens is 417 g/mol. The van der Waals surface area contributed by atoms with Crippen molar-refractivity contribution < 1.29 is 23.9 Å². The van der Waals surface area contributed by atoms with E-state index in [1.54, 1.807) is 0 Å². The van der Waals surface area contributed by atoms with E-state index in [1.807, 2.05) is 31.2 Å². The third-order valence-corrected chi connectivity index (χ3v) is 4.51. The highest BCUT2D eigenvalue weighted by Gasteiger charge is 2.10. The summed E-state index contributed by atoms with van der Waals surface area (Å²) in [5, 5.41) is 0. The Morgan fingerprint density at radius 3 is 2.24 bits per heavy atom. The summed E-state index contributed by atoms with van der Waals surface area (Å²) in [5.41, 5.74) is 1.92. The second-order valence-electron chi connectivity index (χ2n) is 6.39. The number of carbonyl (C=O) groups excluding carboxylic acids is 3. The van der Waals surface area contributed by atoms with Gasteiger partial charge < -0.3 is 14.4 Å². The van der Waals surface area contributed by atoms with Gasteiger partial charge in [-0.2, -0.15) is 0 Å². The quantitative estimate of drug-likeness (QED) is 0.232. The molecule has 1 rings (SSSR count). The van der Waals surface area contributed by atoms with Gasteiger partial charge in [0.1, 0.15) is 5.78 Å². The van der Waals surface area contributed by atoms with Crippen molar-refractivity contribution in [3.05, 3.63) is 29.8 Å². The smallest absolute Gasteiger partial charge is 0.307 e. The maximum Gasteiger partial charge on any atom is 0.307 e. The van der Waals surface area contributed by atoms with Crippen molar-refractivity contribution >= 4 is 46.6 Å². The Bertz CT molecular complexity index is 654. The molecule has 162 valence electrons. The Morgan fingerprint density at radius 2 is 1.62 bits per heavy atom. The van der Waals surface area contributed by atoms with Crippen molar-refractivity contribution in [2.75, 3.05) is 43.0 Å². The predicted molar refractivity (Wildman–Crippen MR) is 115 cm³/mol. The molecule has 0 unspecified atom stereocenters. The van der Waals surface area contributed by atoms with E-state index in [-0.39, 0.29) is 61.8 Å². The fourth-order valence-electron chi connectivity index (χ4n) is 2.67. The molecule has 8 heteroatoms. The highest BCUT2D eigenvalue weighted by molar-refractivity contribution is 6.19. The number of alkyl halides is 2. The van der Waals surface area contributed by atoms with Crippen LogP contribution in [0.15, 0.2) is 24.3 Å². The molecule has 6 nitrogen and oxygen atoms in total. The van der Waals surface area contributed by atoms with Gasteiger partial charge in [-0.05, 0) is 31.0 Å². The summed E-state index contributed by atoms with van der Waals surface area (Å²) >= 11 is 11.0. The topological polar surface area (TPSA) is 72.9 Å². The van der Waals surface area contributed by atoms with Gasteiger partial charge in [0.2, 0.25) is 0 Å². The summed E-state index contributed by atoms with van der Waals surface area (Å²) in [6.07, 6.45) is 1.55. The molecule has 0 heterocycles. The van der Waals surface area contributed by atoms with E-state index in [9.17, 15) is 14.4 Å². The molecule has 0 fully saturated rings. The molecule has 0 amide bonds. The molecule has 0 aliphatic rings. The number of carbonyl (C=O) groups is 3. The standard InChI is InChI=1S/C21H29Cl2NO5/c1-2-24(12-4-13-28-20(26)7-10-22)18-6-3-5-17(15-18)16-19(25)9-14-29-21(27)8-11-23/h3,5-6,15H,2,4,7-14,16H2,1H3. The van der Waals surface area contributed by atoms with Crippen LogP contribution >= 0.6 is 23.2 Å². The van der Waals surface area contributed by atoms with Gasteiger partial charge in [-0.15, -0.1) is 23.2 Å². The van der Waals surface area contributed by atoms with Crippen LogP contribution < -0.4 is 4.90 Å². The zero-order valence-electron chi connectivity index (χ0n) is 16.8. The maximum atomic E-state index is 12.1. The van der Waals surface area contributed by atoms with Crippen molar-refractivity contribution in [3.63, 3.8) is 0 Å². The van der Waals surface area contributed by atoms with Crippen LogP contribution in [0.2, 0.25) is 0 Å². The van der Waals surface area contributed by atoms with Crippen LogP contribution in [0.3, 0.4) is 0 Å². The number of hydrogen-bond donors (Lipinski definition) is 0. The summed E-state index contributed by atoms with van der Waals surface area (Å²) in [5.74, 6) is -0.182. The van der Waals surface area contributed by atoms with Gasteiger partial charge in [0.25, 0.3) is 0 Å². The van der Waals surface area contributed by atoms with E-state index in [2.05, 4.69) is 4.90 Å². The number of halogens is 2. The fourth-order valence-corrected chi connectivity index (χ4v) is 2.98. The van der Waals surface area contributed by atoms with Gasteiger partial charge in [0.05, 0.1) is 26.1 Å². The van der Waals surface area contributed by atoms with Crippen LogP contribution in [0.4, 0.5) is 5.69 Å². The number of nitrogens with zero attached hydrogens (tertiary/aromatic N) is 1. The zero-order chi connectivity index (χ0) is 21.5. The molecule has 0 spiro atoms.